The fourth-order valence-corrected chi connectivity index (χ4v) is 3.22. The van der Waals surface area contributed by atoms with Crippen molar-refractivity contribution in [3.05, 3.63) is 23.0 Å². The maximum absolute atomic E-state index is 14.3. The van der Waals surface area contributed by atoms with Gasteiger partial charge in [-0.25, -0.2) is 19.3 Å². The van der Waals surface area contributed by atoms with Crippen LogP contribution < -0.4 is 10.2 Å². The number of nitrogens with one attached hydrogen (secondary N) is 1. The summed E-state index contributed by atoms with van der Waals surface area (Å²) in [5.74, 6) is 0.701. The number of pyridine rings is 1. The highest BCUT2D eigenvalue weighted by Crippen LogP contribution is 2.29. The molecule has 0 saturated carbocycles. The van der Waals surface area contributed by atoms with Gasteiger partial charge >= 0.3 is 0 Å². The van der Waals surface area contributed by atoms with Gasteiger partial charge in [-0.05, 0) is 19.8 Å². The summed E-state index contributed by atoms with van der Waals surface area (Å²) >= 11 is 5.80. The van der Waals surface area contributed by atoms with Gasteiger partial charge in [-0.15, -0.1) is 0 Å². The summed E-state index contributed by atoms with van der Waals surface area (Å²) in [5.41, 5.74) is 0.243. The number of nitrogens with zero attached hydrogens (tertiary/aromatic N) is 4. The standard InChI is InChI=1S/C16H21ClFN5/c1-4-10-7-23(8-11(5-2)22-10)16-12-6-19-15(17)13(18)14(12)20-9(3)21-16/h6,10-11,22H,4-5,7-8H2,1-3H3. The Morgan fingerprint density at radius 2 is 1.91 bits per heavy atom. The summed E-state index contributed by atoms with van der Waals surface area (Å²) in [4.78, 5) is 14.9. The average molecular weight is 338 g/mol. The van der Waals surface area contributed by atoms with Gasteiger partial charge in [0, 0.05) is 31.4 Å². The van der Waals surface area contributed by atoms with Crippen LogP contribution in [0.4, 0.5) is 10.2 Å². The van der Waals surface area contributed by atoms with Gasteiger partial charge in [0.15, 0.2) is 11.0 Å². The molecule has 0 aromatic carbocycles. The molecule has 2 unspecified atom stereocenters. The van der Waals surface area contributed by atoms with E-state index in [9.17, 15) is 4.39 Å². The molecule has 23 heavy (non-hydrogen) atoms. The lowest BCUT2D eigenvalue weighted by molar-refractivity contribution is 0.356. The van der Waals surface area contributed by atoms with Gasteiger partial charge in [0.1, 0.15) is 17.2 Å². The molecule has 0 aliphatic carbocycles. The number of rotatable bonds is 3. The molecule has 124 valence electrons. The molecular formula is C16H21ClFN5. The van der Waals surface area contributed by atoms with Crippen molar-refractivity contribution in [3.8, 4) is 0 Å². The monoisotopic (exact) mass is 337 g/mol. The zero-order valence-corrected chi connectivity index (χ0v) is 14.4. The van der Waals surface area contributed by atoms with Crippen LogP contribution in [0, 0.1) is 12.7 Å². The lowest BCUT2D eigenvalue weighted by atomic mass is 10.1. The van der Waals surface area contributed by atoms with Crippen molar-refractivity contribution in [1.82, 2.24) is 20.3 Å². The number of halogens is 2. The molecule has 3 heterocycles. The number of aryl methyl sites for hydroxylation is 1. The van der Waals surface area contributed by atoms with Crippen molar-refractivity contribution in [2.45, 2.75) is 45.7 Å². The molecule has 0 spiro atoms. The van der Waals surface area contributed by atoms with E-state index in [4.69, 9.17) is 11.6 Å². The Labute approximate surface area is 140 Å². The summed E-state index contributed by atoms with van der Waals surface area (Å²) < 4.78 is 14.3. The minimum absolute atomic E-state index is 0.153. The van der Waals surface area contributed by atoms with Crippen LogP contribution in [0.25, 0.3) is 10.9 Å². The van der Waals surface area contributed by atoms with E-state index in [1.165, 1.54) is 0 Å². The first kappa shape index (κ1) is 16.3. The second-order valence-electron chi connectivity index (χ2n) is 6.00. The topological polar surface area (TPSA) is 53.9 Å². The molecule has 1 aliphatic rings. The second kappa shape index (κ2) is 6.53. The molecule has 1 N–H and O–H groups in total. The number of aromatic nitrogens is 3. The summed E-state index contributed by atoms with van der Waals surface area (Å²) in [6.45, 7) is 7.77. The van der Waals surface area contributed by atoms with Gasteiger partial charge in [0.25, 0.3) is 0 Å². The van der Waals surface area contributed by atoms with Crippen molar-refractivity contribution < 1.29 is 4.39 Å². The molecule has 0 amide bonds. The first-order chi connectivity index (χ1) is 11.0. The van der Waals surface area contributed by atoms with E-state index in [2.05, 4.69) is 39.0 Å². The Bertz CT molecular complexity index is 711. The highest BCUT2D eigenvalue weighted by atomic mass is 35.5. The van der Waals surface area contributed by atoms with E-state index in [0.29, 0.717) is 23.3 Å². The molecule has 1 fully saturated rings. The normalized spacial score (nSPS) is 21.9. The first-order valence-electron chi connectivity index (χ1n) is 8.02. The Kier molecular flexibility index (Phi) is 4.64. The summed E-state index contributed by atoms with van der Waals surface area (Å²) in [6, 6.07) is 0.785. The second-order valence-corrected chi connectivity index (χ2v) is 6.36. The van der Waals surface area contributed by atoms with Gasteiger partial charge < -0.3 is 10.2 Å². The average Bonchev–Trinajstić information content (AvgIpc) is 2.57. The van der Waals surface area contributed by atoms with Crippen LogP contribution in [0.1, 0.15) is 32.5 Å². The van der Waals surface area contributed by atoms with E-state index in [1.54, 1.807) is 13.1 Å². The summed E-state index contributed by atoms with van der Waals surface area (Å²) in [7, 11) is 0. The van der Waals surface area contributed by atoms with Crippen LogP contribution in [0.15, 0.2) is 6.20 Å². The van der Waals surface area contributed by atoms with E-state index >= 15 is 0 Å². The molecule has 5 nitrogen and oxygen atoms in total. The lowest BCUT2D eigenvalue weighted by Crippen LogP contribution is -2.56. The molecule has 0 bridgehead atoms. The van der Waals surface area contributed by atoms with Crippen LogP contribution in [-0.2, 0) is 0 Å². The summed E-state index contributed by atoms with van der Waals surface area (Å²) in [6.07, 6.45) is 3.64. The zero-order valence-electron chi connectivity index (χ0n) is 13.6. The van der Waals surface area contributed by atoms with E-state index in [1.807, 2.05) is 0 Å². The van der Waals surface area contributed by atoms with Crippen molar-refractivity contribution in [1.29, 1.82) is 0 Å². The number of anilines is 1. The Hall–Kier alpha value is -1.53. The zero-order chi connectivity index (χ0) is 16.6. The number of fused-ring (bicyclic) bond motifs is 1. The van der Waals surface area contributed by atoms with Gasteiger partial charge in [-0.3, -0.25) is 0 Å². The van der Waals surface area contributed by atoms with Crippen LogP contribution in [0.5, 0.6) is 0 Å². The quantitative estimate of drug-likeness (QED) is 0.872. The molecular weight excluding hydrogens is 317 g/mol. The van der Waals surface area contributed by atoms with E-state index < -0.39 is 5.82 Å². The van der Waals surface area contributed by atoms with Gasteiger partial charge in [0.2, 0.25) is 0 Å². The minimum Gasteiger partial charge on any atom is -0.353 e. The molecule has 2 aromatic heterocycles. The maximum atomic E-state index is 14.3. The summed E-state index contributed by atoms with van der Waals surface area (Å²) in [5, 5.41) is 4.10. The Morgan fingerprint density at radius 1 is 1.26 bits per heavy atom. The van der Waals surface area contributed by atoms with Crippen molar-refractivity contribution in [2.75, 3.05) is 18.0 Å². The number of hydrogen-bond donors (Lipinski definition) is 1. The molecule has 1 saturated heterocycles. The highest BCUT2D eigenvalue weighted by Gasteiger charge is 2.27. The SMILES string of the molecule is CCC1CN(c2nc(C)nc3c(F)c(Cl)ncc23)CC(CC)N1. The number of hydrogen-bond acceptors (Lipinski definition) is 5. The predicted molar refractivity (Wildman–Crippen MR) is 90.5 cm³/mol. The smallest absolute Gasteiger partial charge is 0.186 e. The molecule has 2 atom stereocenters. The fourth-order valence-electron chi connectivity index (χ4n) is 3.08. The van der Waals surface area contributed by atoms with Crippen LogP contribution in [0.3, 0.4) is 0 Å². The third-order valence-electron chi connectivity index (χ3n) is 4.37. The Balaban J connectivity index is 2.09. The third kappa shape index (κ3) is 3.10. The van der Waals surface area contributed by atoms with Gasteiger partial charge in [-0.2, -0.15) is 0 Å². The highest BCUT2D eigenvalue weighted by molar-refractivity contribution is 6.30. The largest absolute Gasteiger partial charge is 0.353 e. The van der Waals surface area contributed by atoms with Crippen molar-refractivity contribution in [2.24, 2.45) is 0 Å². The molecule has 3 rings (SSSR count). The van der Waals surface area contributed by atoms with Crippen molar-refractivity contribution in [3.63, 3.8) is 0 Å². The molecule has 7 heteroatoms. The van der Waals surface area contributed by atoms with Crippen LogP contribution in [0.2, 0.25) is 5.15 Å². The molecule has 1 aliphatic heterocycles. The van der Waals surface area contributed by atoms with Crippen molar-refractivity contribution >= 4 is 28.3 Å². The Morgan fingerprint density at radius 3 is 2.52 bits per heavy atom. The fraction of sp³-hybridized carbons (Fsp3) is 0.562. The van der Waals surface area contributed by atoms with Gasteiger partial charge in [-0.1, -0.05) is 25.4 Å². The number of piperazine rings is 1. The maximum Gasteiger partial charge on any atom is 0.186 e. The lowest BCUT2D eigenvalue weighted by Gasteiger charge is -2.39. The predicted octanol–water partition coefficient (Wildman–Crippen LogP) is 3.09. The minimum atomic E-state index is -0.579. The van der Waals surface area contributed by atoms with Crippen LogP contribution >= 0.6 is 11.6 Å². The van der Waals surface area contributed by atoms with Crippen LogP contribution in [-0.4, -0.2) is 40.1 Å². The first-order valence-corrected chi connectivity index (χ1v) is 8.40. The molecule has 2 aromatic rings. The third-order valence-corrected chi connectivity index (χ3v) is 4.63. The van der Waals surface area contributed by atoms with E-state index in [-0.39, 0.29) is 10.7 Å². The molecule has 0 radical (unpaired) electrons. The van der Waals surface area contributed by atoms with E-state index in [0.717, 1.165) is 31.7 Å². The van der Waals surface area contributed by atoms with Gasteiger partial charge in [0.05, 0.1) is 5.39 Å².